The number of imidazole rings is 3. The van der Waals surface area contributed by atoms with Gasteiger partial charge in [0, 0.05) is 27.4 Å². The molecule has 0 aliphatic carbocycles. The zero-order chi connectivity index (χ0) is 82.7. The van der Waals surface area contributed by atoms with Gasteiger partial charge in [0.05, 0.1) is 64.3 Å². The number of hydrogen-bond donors (Lipinski definition) is 8. The fourth-order valence-electron chi connectivity index (χ4n) is 12.2. The van der Waals surface area contributed by atoms with Gasteiger partial charge in [0.25, 0.3) is 0 Å². The van der Waals surface area contributed by atoms with E-state index >= 15 is 0 Å². The number of nitrogens with two attached hydrogens (primary N) is 3. The minimum atomic E-state index is -2.05. The first kappa shape index (κ1) is 91.8. The molecule has 11 N–H and O–H groups in total. The summed E-state index contributed by atoms with van der Waals surface area (Å²) in [4.78, 5) is 23.8. The Kier molecular flexibility index (Phi) is 34.6. The van der Waals surface area contributed by atoms with Crippen LogP contribution >= 0.6 is 34.4 Å². The third kappa shape index (κ3) is 21.0. The largest absolute Gasteiger partial charge is 0.450 e. The van der Waals surface area contributed by atoms with E-state index in [2.05, 4.69) is 63.9 Å². The van der Waals surface area contributed by atoms with Gasteiger partial charge in [-0.2, -0.15) is 60.2 Å². The van der Waals surface area contributed by atoms with Crippen LogP contribution in [0.2, 0.25) is 26.0 Å². The van der Waals surface area contributed by atoms with Gasteiger partial charge in [0.1, 0.15) is 83.8 Å². The minimum Gasteiger partial charge on any atom is -0.397 e. The second kappa shape index (κ2) is 42.2. The molecule has 4 aromatic carbocycles. The lowest BCUT2D eigenvalue weighted by atomic mass is 9.75. The standard InChI is InChI=1S/C32H33N5O5.C21H24N6O2.C12H14N6O4.C4H9NSi.C2H5BF.C2H6O.BCl3.F2/c1-31(41-20-25-15-9-4-10-16-25)28(40-19-24-13-7-3-8-14-24)26(21-39-18-23-11-5-2-6-12-23)42-32(31,38)27-17-34-30-29(33)35-22-36-37(27)30;1-4-16-14(2)20(3,28-11-15-8-6-5-7-9-15)21(12-22,29-16)17-10-24-19-18(23)25-13-26-27(17)19;1-11(21)8(20)6(3-19)22-12(11,4-13)7-2-15-10-9(14)16-5-17-18(7)10;1-6(2,3)4-5;1-2-3-4;1-2-3;2-1(3)4;1-2/h2-17,22,26,28,38H,18-21H2,1H3,(H2,33,35,36);5-10,13-14,16H,4,11H2,1-3H3,(H2,23,25,26);2,5-6,8,19-21H,3H2,1H3,(H2,14,16,17);1-3H3;2H2,1H3;3H,2H2,1H3;;/t26-,28-,31-,32?;14-,16-,20-,21+;6-,8-,11-,12+;;;;;/m111...../s1. The van der Waals surface area contributed by atoms with Crippen LogP contribution in [-0.2, 0) is 76.6 Å². The predicted molar refractivity (Wildman–Crippen MR) is 417 cm³/mol. The number of aromatic nitrogens is 12. The molecule has 0 bridgehead atoms. The molecular formula is C73H91B2Cl3F3N18O12Si. The van der Waals surface area contributed by atoms with Crippen LogP contribution in [0.25, 0.3) is 16.9 Å². The van der Waals surface area contributed by atoms with Gasteiger partial charge in [-0.15, -0.1) is 0 Å². The van der Waals surface area contributed by atoms with E-state index in [0.717, 1.165) is 28.7 Å². The summed E-state index contributed by atoms with van der Waals surface area (Å²) in [7, 11) is -0.701. The number of rotatable bonds is 19. The Bertz CT molecular complexity index is 4660. The summed E-state index contributed by atoms with van der Waals surface area (Å²) in [5, 5.41) is 91.0. The van der Waals surface area contributed by atoms with Crippen molar-refractivity contribution >= 4 is 89.4 Å². The summed E-state index contributed by atoms with van der Waals surface area (Å²) in [5.74, 6) is -1.59. The smallest absolute Gasteiger partial charge is 0.397 e. The van der Waals surface area contributed by atoms with Gasteiger partial charge in [-0.05, 0) is 62.7 Å². The second-order valence-corrected chi connectivity index (χ2v) is 33.4. The highest BCUT2D eigenvalue weighted by atomic mass is 35.6. The normalized spacial score (nSPS) is 24.6. The fraction of sp³-hybridized carbons (Fsp3) is 0.425. The third-order valence-corrected chi connectivity index (χ3v) is 18.8. The molecule has 6 aromatic heterocycles. The highest BCUT2D eigenvalue weighted by molar-refractivity contribution is 7.54. The van der Waals surface area contributed by atoms with Crippen molar-refractivity contribution in [3.8, 4) is 17.8 Å². The maximum Gasteiger partial charge on any atom is 0.450 e. The zero-order valence-electron chi connectivity index (χ0n) is 63.3. The molecule has 0 spiro atoms. The lowest BCUT2D eigenvalue weighted by Crippen LogP contribution is -2.55. The van der Waals surface area contributed by atoms with Gasteiger partial charge in [0.2, 0.25) is 17.0 Å². The molecule has 9 heterocycles. The van der Waals surface area contributed by atoms with Gasteiger partial charge in [-0.3, -0.25) is 0 Å². The van der Waals surface area contributed by atoms with Crippen molar-refractivity contribution in [2.45, 2.75) is 172 Å². The van der Waals surface area contributed by atoms with E-state index in [0.29, 0.717) is 44.1 Å². The molecule has 0 saturated carbocycles. The number of fused-ring (bicyclic) bond motifs is 3. The Balaban J connectivity index is 0.000000243. The number of nitriles is 3. The van der Waals surface area contributed by atoms with Crippen LogP contribution < -0.4 is 17.2 Å². The Labute approximate surface area is 663 Å². The maximum absolute atomic E-state index is 12.5. The first-order valence-corrected chi connectivity index (χ1v) is 39.8. The number of hydrogen-bond acceptors (Lipinski definition) is 27. The van der Waals surface area contributed by atoms with Crippen molar-refractivity contribution in [2.24, 2.45) is 5.92 Å². The summed E-state index contributed by atoms with van der Waals surface area (Å²) >= 11 is 14.4. The average Bonchev–Trinajstić information content (AvgIpc) is 1.57. The average molecular weight is 1630 g/mol. The molecule has 1 unspecified atom stereocenters. The molecule has 3 aliphatic heterocycles. The third-order valence-electron chi connectivity index (χ3n) is 18.2. The molecule has 13 rings (SSSR count). The molecule has 1 radical (unpaired) electrons. The van der Waals surface area contributed by atoms with E-state index < -0.39 is 77.8 Å². The van der Waals surface area contributed by atoms with Crippen LogP contribution in [0, 0.1) is 39.5 Å². The van der Waals surface area contributed by atoms with Gasteiger partial charge < -0.3 is 80.2 Å². The van der Waals surface area contributed by atoms with Crippen LogP contribution in [0.5, 0.6) is 0 Å². The van der Waals surface area contributed by atoms with Crippen LogP contribution in [0.1, 0.15) is 94.2 Å². The lowest BCUT2D eigenvalue weighted by molar-refractivity contribution is -0.294. The SMILES string of the molecule is CCO.CC[B]F.CC[C@H]1O[C@@](C#N)(c2cnc3c(N)ncnn23)[C@](C)(OCc2ccccc2)[C@@H]1C.C[C@@]1(O)[C@H](O)[C@@H](CO)O[C@@]1(C#N)c1cnc2c(N)ncnn12.C[C@@]1(OCc2ccccc2)[C@H](OCc2ccccc2)[C@@H](COCc2ccccc2)OC1(O)c1cnc2c(N)ncnn12.C[Si](C)(C)C#N.ClB(Cl)Cl.FF. The van der Waals surface area contributed by atoms with Gasteiger partial charge in [-0.1, -0.05) is 162 Å². The van der Waals surface area contributed by atoms with Crippen molar-refractivity contribution in [1.82, 2.24) is 58.7 Å². The number of halogens is 6. The highest BCUT2D eigenvalue weighted by Gasteiger charge is 2.69. The van der Waals surface area contributed by atoms with Crippen LogP contribution in [0.3, 0.4) is 0 Å². The minimum absolute atomic E-state index is 0.0411. The second-order valence-electron chi connectivity index (χ2n) is 26.7. The summed E-state index contributed by atoms with van der Waals surface area (Å²) in [6.45, 7) is 19.6. The van der Waals surface area contributed by atoms with Crippen LogP contribution in [-0.4, -0.2) is 172 Å². The maximum atomic E-state index is 12.5. The summed E-state index contributed by atoms with van der Waals surface area (Å²) in [6, 6.07) is 43.6. The van der Waals surface area contributed by atoms with Gasteiger partial charge >= 0.3 is 12.5 Å². The van der Waals surface area contributed by atoms with Gasteiger partial charge in [0.15, 0.2) is 48.1 Å². The van der Waals surface area contributed by atoms with E-state index in [-0.39, 0.29) is 72.9 Å². The van der Waals surface area contributed by atoms with Crippen LogP contribution in [0.4, 0.5) is 30.9 Å². The molecule has 0 amide bonds. The van der Waals surface area contributed by atoms with Crippen molar-refractivity contribution in [3.63, 3.8) is 0 Å². The molecule has 3 saturated heterocycles. The molecule has 10 aromatic rings. The van der Waals surface area contributed by atoms with Gasteiger partial charge in [-0.25, -0.2) is 48.7 Å². The zero-order valence-corrected chi connectivity index (χ0v) is 66.6. The summed E-state index contributed by atoms with van der Waals surface area (Å²) in [5.41, 5.74) is 17.8. The lowest BCUT2D eigenvalue weighted by Gasteiger charge is -2.39. The van der Waals surface area contributed by atoms with E-state index in [4.69, 9.17) is 104 Å². The predicted octanol–water partition coefficient (Wildman–Crippen LogP) is 9.73. The van der Waals surface area contributed by atoms with E-state index in [9.17, 15) is 35.3 Å². The molecule has 30 nitrogen and oxygen atoms in total. The topological polar surface area (TPSA) is 444 Å². The molecule has 12 atom stereocenters. The highest BCUT2D eigenvalue weighted by Crippen LogP contribution is 2.54. The molecule has 112 heavy (non-hydrogen) atoms. The summed E-state index contributed by atoms with van der Waals surface area (Å²) in [6.07, 6.45) is 5.20. The number of aliphatic hydroxyl groups excluding tert-OH is 3. The van der Waals surface area contributed by atoms with Crippen molar-refractivity contribution in [3.05, 3.63) is 198 Å². The number of aliphatic hydroxyl groups is 5. The molecule has 3 aliphatic rings. The van der Waals surface area contributed by atoms with Crippen molar-refractivity contribution in [1.29, 1.82) is 15.8 Å². The molecule has 3 fully saturated rings. The van der Waals surface area contributed by atoms with Crippen molar-refractivity contribution in [2.75, 3.05) is 37.0 Å². The Morgan fingerprint density at radius 2 is 0.938 bits per heavy atom. The van der Waals surface area contributed by atoms with Crippen molar-refractivity contribution < 1.29 is 72.2 Å². The molecule has 39 heteroatoms. The molecule has 597 valence electrons. The first-order valence-electron chi connectivity index (χ1n) is 35.0. The number of benzene rings is 4. The van der Waals surface area contributed by atoms with E-state index in [1.165, 1.54) is 51.8 Å². The van der Waals surface area contributed by atoms with E-state index in [1.54, 1.807) is 27.0 Å². The number of anilines is 3. The fourth-order valence-corrected chi connectivity index (χ4v) is 12.2. The number of ether oxygens (including phenoxy) is 7. The Hall–Kier alpha value is -9.07. The van der Waals surface area contributed by atoms with E-state index in [1.807, 2.05) is 161 Å². The molecular weight excluding hydrogens is 1530 g/mol. The number of nitrogens with zero attached hydrogens (tertiary/aromatic N) is 15. The quantitative estimate of drug-likeness (QED) is 0.0349. The monoisotopic (exact) mass is 1620 g/mol. The first-order chi connectivity index (χ1) is 53.4. The summed E-state index contributed by atoms with van der Waals surface area (Å²) < 4.78 is 74.9. The Morgan fingerprint density at radius 3 is 1.30 bits per heavy atom. The van der Waals surface area contributed by atoms with Crippen LogP contribution in [0.15, 0.2) is 159 Å². The Morgan fingerprint density at radius 1 is 0.580 bits per heavy atom. The number of nitrogen functional groups attached to an aromatic ring is 3.